The van der Waals surface area contributed by atoms with Gasteiger partial charge in [-0.2, -0.15) is 0 Å². The number of ether oxygens (including phenoxy) is 1. The normalized spacial score (nSPS) is 12.7. The van der Waals surface area contributed by atoms with Gasteiger partial charge in [0.05, 0.1) is 6.42 Å². The average molecular weight is 425 g/mol. The van der Waals surface area contributed by atoms with Crippen molar-refractivity contribution in [2.24, 2.45) is 5.92 Å². The lowest BCUT2D eigenvalue weighted by atomic mass is 10.0. The van der Waals surface area contributed by atoms with Gasteiger partial charge in [0, 0.05) is 18.7 Å². The SMILES string of the molecule is CCN(CC)C(=O)[C@@H](OC(=O)[C@@H](NC(=O)Cc1ccccc1)C(C)C)c1ccccc1. The maximum atomic E-state index is 13.1. The van der Waals surface area contributed by atoms with Gasteiger partial charge in [-0.05, 0) is 25.3 Å². The van der Waals surface area contributed by atoms with E-state index in [0.29, 0.717) is 18.7 Å². The molecule has 0 saturated heterocycles. The highest BCUT2D eigenvalue weighted by atomic mass is 16.5. The topological polar surface area (TPSA) is 75.7 Å². The van der Waals surface area contributed by atoms with Gasteiger partial charge in [-0.1, -0.05) is 74.5 Å². The lowest BCUT2D eigenvalue weighted by Crippen LogP contribution is -2.47. The van der Waals surface area contributed by atoms with Gasteiger partial charge in [-0.25, -0.2) is 4.79 Å². The summed E-state index contributed by atoms with van der Waals surface area (Å²) in [6.45, 7) is 8.45. The van der Waals surface area contributed by atoms with Gasteiger partial charge in [0.25, 0.3) is 5.91 Å². The Morgan fingerprint density at radius 3 is 1.97 bits per heavy atom. The summed E-state index contributed by atoms with van der Waals surface area (Å²) in [6.07, 6.45) is -0.890. The first kappa shape index (κ1) is 24.1. The smallest absolute Gasteiger partial charge is 0.330 e. The van der Waals surface area contributed by atoms with Crippen molar-refractivity contribution in [1.29, 1.82) is 0 Å². The van der Waals surface area contributed by atoms with E-state index in [9.17, 15) is 14.4 Å². The Balaban J connectivity index is 2.18. The fraction of sp³-hybridized carbons (Fsp3) is 0.400. The van der Waals surface area contributed by atoms with Gasteiger partial charge in [-0.3, -0.25) is 9.59 Å². The summed E-state index contributed by atoms with van der Waals surface area (Å²) in [5, 5.41) is 2.78. The predicted octanol–water partition coefficient (Wildman–Crippen LogP) is 3.52. The minimum atomic E-state index is -1.05. The fourth-order valence-electron chi connectivity index (χ4n) is 3.28. The molecule has 0 aliphatic heterocycles. The quantitative estimate of drug-likeness (QED) is 0.592. The molecule has 166 valence electrons. The summed E-state index contributed by atoms with van der Waals surface area (Å²) in [6, 6.07) is 17.4. The van der Waals surface area contributed by atoms with E-state index < -0.39 is 18.1 Å². The summed E-state index contributed by atoms with van der Waals surface area (Å²) in [4.78, 5) is 40.3. The third-order valence-corrected chi connectivity index (χ3v) is 5.08. The van der Waals surface area contributed by atoms with Crippen LogP contribution >= 0.6 is 0 Å². The van der Waals surface area contributed by atoms with Crippen LogP contribution in [0.25, 0.3) is 0 Å². The molecule has 2 amide bonds. The maximum Gasteiger partial charge on any atom is 0.330 e. The standard InChI is InChI=1S/C25H32N2O4/c1-5-27(6-2)24(29)23(20-15-11-8-12-16-20)31-25(30)22(18(3)4)26-21(28)17-19-13-9-7-10-14-19/h7-16,18,22-23H,5-6,17H2,1-4H3,(H,26,28)/t22-,23-/m0/s1. The largest absolute Gasteiger partial charge is 0.446 e. The zero-order chi connectivity index (χ0) is 22.8. The lowest BCUT2D eigenvalue weighted by molar-refractivity contribution is -0.164. The van der Waals surface area contributed by atoms with Crippen molar-refractivity contribution in [1.82, 2.24) is 10.2 Å². The Morgan fingerprint density at radius 1 is 0.903 bits per heavy atom. The van der Waals surface area contributed by atoms with Crippen LogP contribution in [0.1, 0.15) is 44.9 Å². The Labute approximate surface area is 184 Å². The summed E-state index contributed by atoms with van der Waals surface area (Å²) in [5.74, 6) is -1.37. The molecule has 2 aromatic rings. The van der Waals surface area contributed by atoms with Gasteiger partial charge in [0.2, 0.25) is 12.0 Å². The number of hydrogen-bond acceptors (Lipinski definition) is 4. The molecule has 2 aromatic carbocycles. The summed E-state index contributed by atoms with van der Waals surface area (Å²) in [5.41, 5.74) is 1.46. The van der Waals surface area contributed by atoms with Crippen molar-refractivity contribution in [3.05, 3.63) is 71.8 Å². The molecule has 0 radical (unpaired) electrons. The molecular formula is C25H32N2O4. The third kappa shape index (κ3) is 6.95. The Bertz CT molecular complexity index is 848. The van der Waals surface area contributed by atoms with E-state index >= 15 is 0 Å². The second-order valence-electron chi connectivity index (χ2n) is 7.69. The van der Waals surface area contributed by atoms with Crippen LogP contribution < -0.4 is 5.32 Å². The third-order valence-electron chi connectivity index (χ3n) is 5.08. The molecular weight excluding hydrogens is 392 g/mol. The first-order valence-corrected chi connectivity index (χ1v) is 10.7. The monoisotopic (exact) mass is 424 g/mol. The van der Waals surface area contributed by atoms with Crippen molar-refractivity contribution in [2.75, 3.05) is 13.1 Å². The molecule has 2 atom stereocenters. The molecule has 31 heavy (non-hydrogen) atoms. The molecule has 2 rings (SSSR count). The predicted molar refractivity (Wildman–Crippen MR) is 120 cm³/mol. The molecule has 0 unspecified atom stereocenters. The fourth-order valence-corrected chi connectivity index (χ4v) is 3.28. The van der Waals surface area contributed by atoms with Gasteiger partial charge in [0.1, 0.15) is 6.04 Å². The number of benzene rings is 2. The first-order chi connectivity index (χ1) is 14.9. The maximum absolute atomic E-state index is 13.1. The van der Waals surface area contributed by atoms with Crippen LogP contribution in [0.4, 0.5) is 0 Å². The van der Waals surface area contributed by atoms with Crippen molar-refractivity contribution >= 4 is 17.8 Å². The highest BCUT2D eigenvalue weighted by Crippen LogP contribution is 2.22. The van der Waals surface area contributed by atoms with Crippen molar-refractivity contribution in [3.63, 3.8) is 0 Å². The van der Waals surface area contributed by atoms with Crippen molar-refractivity contribution < 1.29 is 19.1 Å². The molecule has 0 aliphatic carbocycles. The van der Waals surface area contributed by atoms with Gasteiger partial charge in [-0.15, -0.1) is 0 Å². The minimum Gasteiger partial charge on any atom is -0.446 e. The van der Waals surface area contributed by atoms with Crippen molar-refractivity contribution in [2.45, 2.75) is 46.3 Å². The second-order valence-corrected chi connectivity index (χ2v) is 7.69. The molecule has 6 nitrogen and oxygen atoms in total. The van der Waals surface area contributed by atoms with E-state index in [-0.39, 0.29) is 24.2 Å². The molecule has 1 N–H and O–H groups in total. The van der Waals surface area contributed by atoms with E-state index in [1.165, 1.54) is 0 Å². The molecule has 0 aliphatic rings. The number of rotatable bonds is 10. The number of hydrogen-bond donors (Lipinski definition) is 1. The molecule has 0 heterocycles. The number of esters is 1. The van der Waals surface area contributed by atoms with Gasteiger partial charge < -0.3 is 15.0 Å². The van der Waals surface area contributed by atoms with Gasteiger partial charge >= 0.3 is 5.97 Å². The van der Waals surface area contributed by atoms with Crippen LogP contribution in [0.3, 0.4) is 0 Å². The van der Waals surface area contributed by atoms with E-state index in [4.69, 9.17) is 4.74 Å². The van der Waals surface area contributed by atoms with Crippen LogP contribution in [-0.2, 0) is 25.5 Å². The lowest BCUT2D eigenvalue weighted by Gasteiger charge is -2.28. The summed E-state index contributed by atoms with van der Waals surface area (Å²) in [7, 11) is 0. The number of likely N-dealkylation sites (N-methyl/N-ethyl adjacent to an activating group) is 1. The zero-order valence-electron chi connectivity index (χ0n) is 18.7. The van der Waals surface area contributed by atoms with Gasteiger partial charge in [0.15, 0.2) is 0 Å². The highest BCUT2D eigenvalue weighted by molar-refractivity contribution is 5.89. The molecule has 6 heteroatoms. The average Bonchev–Trinajstić information content (AvgIpc) is 2.77. The van der Waals surface area contributed by atoms with E-state index in [1.54, 1.807) is 29.2 Å². The van der Waals surface area contributed by atoms with E-state index in [2.05, 4.69) is 5.32 Å². The zero-order valence-corrected chi connectivity index (χ0v) is 18.7. The molecule has 0 spiro atoms. The molecule has 0 fully saturated rings. The van der Waals surface area contributed by atoms with Crippen LogP contribution in [0.15, 0.2) is 60.7 Å². The van der Waals surface area contributed by atoms with Crippen LogP contribution in [0.5, 0.6) is 0 Å². The number of carbonyl (C=O) groups is 3. The second kappa shape index (κ2) is 11.9. The molecule has 0 saturated carbocycles. The summed E-state index contributed by atoms with van der Waals surface area (Å²) < 4.78 is 5.71. The molecule has 0 aromatic heterocycles. The number of nitrogens with zero attached hydrogens (tertiary/aromatic N) is 1. The van der Waals surface area contributed by atoms with Crippen molar-refractivity contribution in [3.8, 4) is 0 Å². The number of amides is 2. The first-order valence-electron chi connectivity index (χ1n) is 10.7. The Morgan fingerprint density at radius 2 is 1.45 bits per heavy atom. The summed E-state index contributed by atoms with van der Waals surface area (Å²) >= 11 is 0. The number of nitrogens with one attached hydrogen (secondary N) is 1. The minimum absolute atomic E-state index is 0.165. The van der Waals surface area contributed by atoms with E-state index in [0.717, 1.165) is 5.56 Å². The number of carbonyl (C=O) groups excluding carboxylic acids is 3. The highest BCUT2D eigenvalue weighted by Gasteiger charge is 2.33. The van der Waals surface area contributed by atoms with Crippen LogP contribution in [0, 0.1) is 5.92 Å². The Kier molecular flexibility index (Phi) is 9.25. The van der Waals surface area contributed by atoms with E-state index in [1.807, 2.05) is 64.1 Å². The Hall–Kier alpha value is -3.15. The van der Waals surface area contributed by atoms with Crippen LogP contribution in [0.2, 0.25) is 0 Å². The molecule has 0 bridgehead atoms. The van der Waals surface area contributed by atoms with Crippen LogP contribution in [-0.4, -0.2) is 41.8 Å².